The van der Waals surface area contributed by atoms with Gasteiger partial charge in [-0.3, -0.25) is 4.79 Å². The molecule has 104 valence electrons. The number of nitrogens with zero attached hydrogens (tertiary/aromatic N) is 4. The molecule has 0 spiro atoms. The van der Waals surface area contributed by atoms with Gasteiger partial charge in [-0.05, 0) is 41.0 Å². The monoisotopic (exact) mass is 291 g/mol. The highest BCUT2D eigenvalue weighted by Gasteiger charge is 2.45. The Morgan fingerprint density at radius 2 is 2.10 bits per heavy atom. The van der Waals surface area contributed by atoms with Crippen LogP contribution in [0.3, 0.4) is 0 Å². The number of carbonyl (C=O) groups excluding carboxylic acids is 1. The molecule has 1 aliphatic carbocycles. The van der Waals surface area contributed by atoms with Crippen molar-refractivity contribution in [3.63, 3.8) is 0 Å². The highest BCUT2D eigenvalue weighted by atomic mass is 35.5. The summed E-state index contributed by atoms with van der Waals surface area (Å²) in [5.41, 5.74) is 0.903. The first-order valence-corrected chi connectivity index (χ1v) is 6.84. The third-order valence-electron chi connectivity index (χ3n) is 3.48. The minimum atomic E-state index is -0.206. The molecule has 0 unspecified atom stereocenters. The lowest BCUT2D eigenvalue weighted by Crippen LogP contribution is -2.35. The Labute approximate surface area is 121 Å². The molecular formula is C13H14ClN5O. The van der Waals surface area contributed by atoms with Crippen molar-refractivity contribution in [2.24, 2.45) is 0 Å². The zero-order valence-corrected chi connectivity index (χ0v) is 11.5. The summed E-state index contributed by atoms with van der Waals surface area (Å²) in [7, 11) is 0. The lowest BCUT2D eigenvalue weighted by Gasteiger charge is -2.18. The van der Waals surface area contributed by atoms with Crippen LogP contribution in [0.25, 0.3) is 0 Å². The van der Waals surface area contributed by atoms with Crippen LogP contribution in [0.4, 0.5) is 0 Å². The van der Waals surface area contributed by atoms with E-state index in [1.54, 1.807) is 4.68 Å². The Balaban J connectivity index is 1.59. The minimum Gasteiger partial charge on any atom is -0.347 e. The van der Waals surface area contributed by atoms with E-state index in [0.717, 1.165) is 18.4 Å². The summed E-state index contributed by atoms with van der Waals surface area (Å²) >= 11 is 5.89. The van der Waals surface area contributed by atoms with E-state index < -0.39 is 0 Å². The molecule has 1 aromatic carbocycles. The average molecular weight is 292 g/mol. The Bertz CT molecular complexity index is 592. The van der Waals surface area contributed by atoms with E-state index in [1.165, 1.54) is 6.33 Å². The van der Waals surface area contributed by atoms with Gasteiger partial charge in [0, 0.05) is 11.4 Å². The van der Waals surface area contributed by atoms with E-state index in [2.05, 4.69) is 20.8 Å². The SMILES string of the molecule is O=C(CCn1cnnn1)NC1(c2ccc(Cl)cc2)CC1. The van der Waals surface area contributed by atoms with Gasteiger partial charge in [-0.1, -0.05) is 23.7 Å². The number of nitrogens with one attached hydrogen (secondary N) is 1. The fourth-order valence-electron chi connectivity index (χ4n) is 2.21. The molecule has 1 saturated carbocycles. The number of rotatable bonds is 5. The van der Waals surface area contributed by atoms with Gasteiger partial charge < -0.3 is 5.32 Å². The molecule has 0 atom stereocenters. The van der Waals surface area contributed by atoms with Crippen molar-refractivity contribution in [3.8, 4) is 0 Å². The zero-order chi connectivity index (χ0) is 14.0. The van der Waals surface area contributed by atoms with Crippen LogP contribution in [-0.4, -0.2) is 26.1 Å². The van der Waals surface area contributed by atoms with Crippen molar-refractivity contribution in [1.82, 2.24) is 25.5 Å². The van der Waals surface area contributed by atoms with Gasteiger partial charge in [-0.15, -0.1) is 5.10 Å². The standard InChI is InChI=1S/C13H14ClN5O/c14-11-3-1-10(2-4-11)13(6-7-13)16-12(20)5-8-19-9-15-17-18-19/h1-4,9H,5-8H2,(H,16,20). The number of tetrazole rings is 1. The summed E-state index contributed by atoms with van der Waals surface area (Å²) in [6.45, 7) is 0.482. The van der Waals surface area contributed by atoms with Crippen LogP contribution in [0.2, 0.25) is 5.02 Å². The lowest BCUT2D eigenvalue weighted by molar-refractivity contribution is -0.122. The van der Waals surface area contributed by atoms with Gasteiger partial charge in [0.15, 0.2) is 0 Å². The van der Waals surface area contributed by atoms with Crippen LogP contribution in [0.15, 0.2) is 30.6 Å². The summed E-state index contributed by atoms with van der Waals surface area (Å²) in [4.78, 5) is 12.0. The molecule has 2 aromatic rings. The number of benzene rings is 1. The van der Waals surface area contributed by atoms with Crippen LogP contribution < -0.4 is 5.32 Å². The van der Waals surface area contributed by atoms with Crippen molar-refractivity contribution in [2.75, 3.05) is 0 Å². The first-order valence-electron chi connectivity index (χ1n) is 6.46. The molecule has 1 aliphatic rings. The smallest absolute Gasteiger partial charge is 0.222 e. The summed E-state index contributed by atoms with van der Waals surface area (Å²) in [5.74, 6) is 0.00736. The maximum atomic E-state index is 12.0. The number of amides is 1. The van der Waals surface area contributed by atoms with Gasteiger partial charge in [-0.2, -0.15) is 0 Å². The second kappa shape index (κ2) is 5.20. The lowest BCUT2D eigenvalue weighted by atomic mass is 10.0. The molecule has 0 saturated heterocycles. The minimum absolute atomic E-state index is 0.00736. The highest BCUT2D eigenvalue weighted by Crippen LogP contribution is 2.45. The number of halogens is 1. The first-order chi connectivity index (χ1) is 9.68. The molecule has 1 fully saturated rings. The summed E-state index contributed by atoms with van der Waals surface area (Å²) < 4.78 is 1.54. The van der Waals surface area contributed by atoms with Crippen molar-refractivity contribution in [1.29, 1.82) is 0 Å². The number of aromatic nitrogens is 4. The first kappa shape index (κ1) is 13.1. The number of hydrogen-bond donors (Lipinski definition) is 1. The van der Waals surface area contributed by atoms with Crippen molar-refractivity contribution in [2.45, 2.75) is 31.3 Å². The summed E-state index contributed by atoms with van der Waals surface area (Å²) in [6, 6.07) is 7.64. The highest BCUT2D eigenvalue weighted by molar-refractivity contribution is 6.30. The molecule has 0 aliphatic heterocycles. The topological polar surface area (TPSA) is 72.7 Å². The van der Waals surface area contributed by atoms with E-state index >= 15 is 0 Å². The third-order valence-corrected chi connectivity index (χ3v) is 3.74. The van der Waals surface area contributed by atoms with E-state index in [9.17, 15) is 4.79 Å². The van der Waals surface area contributed by atoms with Gasteiger partial charge >= 0.3 is 0 Å². The molecule has 20 heavy (non-hydrogen) atoms. The van der Waals surface area contributed by atoms with Crippen LogP contribution in [0.1, 0.15) is 24.8 Å². The predicted molar refractivity (Wildman–Crippen MR) is 72.9 cm³/mol. The Hall–Kier alpha value is -1.95. The van der Waals surface area contributed by atoms with E-state index in [0.29, 0.717) is 18.0 Å². The Kier molecular flexibility index (Phi) is 3.40. The van der Waals surface area contributed by atoms with Gasteiger partial charge in [0.2, 0.25) is 5.91 Å². The van der Waals surface area contributed by atoms with Gasteiger partial charge in [-0.25, -0.2) is 4.68 Å². The van der Waals surface area contributed by atoms with Gasteiger partial charge in [0.1, 0.15) is 6.33 Å². The molecule has 1 heterocycles. The van der Waals surface area contributed by atoms with E-state index in [-0.39, 0.29) is 11.4 Å². The van der Waals surface area contributed by atoms with Crippen molar-refractivity contribution < 1.29 is 4.79 Å². The van der Waals surface area contributed by atoms with Crippen LogP contribution in [0.5, 0.6) is 0 Å². The second-order valence-electron chi connectivity index (χ2n) is 4.96. The van der Waals surface area contributed by atoms with Crippen molar-refractivity contribution >= 4 is 17.5 Å². The molecular weight excluding hydrogens is 278 g/mol. The van der Waals surface area contributed by atoms with Crippen LogP contribution >= 0.6 is 11.6 Å². The molecule has 1 aromatic heterocycles. The maximum Gasteiger partial charge on any atom is 0.222 e. The van der Waals surface area contributed by atoms with Gasteiger partial charge in [0.25, 0.3) is 0 Å². The zero-order valence-electron chi connectivity index (χ0n) is 10.8. The Morgan fingerprint density at radius 3 is 2.70 bits per heavy atom. The molecule has 3 rings (SSSR count). The van der Waals surface area contributed by atoms with E-state index in [4.69, 9.17) is 11.6 Å². The van der Waals surface area contributed by atoms with E-state index in [1.807, 2.05) is 24.3 Å². The molecule has 0 bridgehead atoms. The Morgan fingerprint density at radius 1 is 1.35 bits per heavy atom. The van der Waals surface area contributed by atoms with Crippen LogP contribution in [-0.2, 0) is 16.9 Å². The second-order valence-corrected chi connectivity index (χ2v) is 5.40. The molecule has 0 radical (unpaired) electrons. The largest absolute Gasteiger partial charge is 0.347 e. The number of hydrogen-bond acceptors (Lipinski definition) is 4. The molecule has 6 nitrogen and oxygen atoms in total. The predicted octanol–water partition coefficient (Wildman–Crippen LogP) is 1.52. The van der Waals surface area contributed by atoms with Crippen molar-refractivity contribution in [3.05, 3.63) is 41.2 Å². The number of carbonyl (C=O) groups is 1. The fourth-order valence-corrected chi connectivity index (χ4v) is 2.33. The number of aryl methyl sites for hydroxylation is 1. The molecule has 1 amide bonds. The average Bonchev–Trinajstić information content (AvgIpc) is 3.03. The summed E-state index contributed by atoms with van der Waals surface area (Å²) in [6.07, 6.45) is 3.79. The third kappa shape index (κ3) is 2.80. The quantitative estimate of drug-likeness (QED) is 0.906. The fraction of sp³-hybridized carbons (Fsp3) is 0.385. The van der Waals surface area contributed by atoms with Gasteiger partial charge in [0.05, 0.1) is 12.1 Å². The molecule has 7 heteroatoms. The maximum absolute atomic E-state index is 12.0. The molecule has 1 N–H and O–H groups in total. The van der Waals surface area contributed by atoms with Crippen LogP contribution in [0, 0.1) is 0 Å². The normalized spacial score (nSPS) is 15.8. The summed E-state index contributed by atoms with van der Waals surface area (Å²) in [5, 5.41) is 14.6.